The highest BCUT2D eigenvalue weighted by Crippen LogP contribution is 2.56. The van der Waals surface area contributed by atoms with Gasteiger partial charge in [-0.3, -0.25) is 0 Å². The van der Waals surface area contributed by atoms with Crippen LogP contribution in [0.5, 0.6) is 0 Å². The molecule has 0 saturated heterocycles. The van der Waals surface area contributed by atoms with Gasteiger partial charge >= 0.3 is 0 Å². The van der Waals surface area contributed by atoms with Gasteiger partial charge in [-0.25, -0.2) is 0 Å². The highest BCUT2D eigenvalue weighted by atomic mass is 79.9. The van der Waals surface area contributed by atoms with Crippen LogP contribution in [0.15, 0.2) is 106 Å². The molecule has 0 amide bonds. The molecule has 0 atom stereocenters. The molecule has 2 heteroatoms. The number of fused-ring (bicyclic) bond motifs is 2. The third-order valence-corrected chi connectivity index (χ3v) is 9.62. The van der Waals surface area contributed by atoms with Crippen molar-refractivity contribution in [3.05, 3.63) is 139 Å². The third kappa shape index (κ3) is 4.14. The molecule has 6 rings (SSSR count). The van der Waals surface area contributed by atoms with E-state index in [-0.39, 0.29) is 10.8 Å². The number of hydrogen-bond donors (Lipinski definition) is 0. The molecule has 1 aliphatic carbocycles. The first kappa shape index (κ1) is 26.5. The number of hydrogen-bond acceptors (Lipinski definition) is 0. The van der Waals surface area contributed by atoms with E-state index in [1.165, 1.54) is 55.3 Å². The lowest BCUT2D eigenvalue weighted by molar-refractivity contribution is 0.588. The van der Waals surface area contributed by atoms with Gasteiger partial charge in [-0.15, -0.1) is 0 Å². The van der Waals surface area contributed by atoms with Crippen molar-refractivity contribution in [2.45, 2.75) is 57.8 Å². The molecule has 0 radical (unpaired) electrons. The van der Waals surface area contributed by atoms with Crippen molar-refractivity contribution >= 4 is 42.6 Å². The van der Waals surface area contributed by atoms with Gasteiger partial charge in [0.2, 0.25) is 0 Å². The normalized spacial score (nSPS) is 14.4. The molecule has 0 heterocycles. The summed E-state index contributed by atoms with van der Waals surface area (Å²) in [6, 6.07) is 36.9. The van der Waals surface area contributed by atoms with Crippen molar-refractivity contribution in [3.8, 4) is 11.1 Å². The lowest BCUT2D eigenvalue weighted by Crippen LogP contribution is -2.34. The van der Waals surface area contributed by atoms with Crippen LogP contribution in [0.4, 0.5) is 0 Å². The Labute approximate surface area is 249 Å². The monoisotopic (exact) mass is 636 g/mol. The Bertz CT molecular complexity index is 1650. The molecular weight excluding hydrogens is 604 g/mol. The SMILES string of the molecule is CC(C)(C)c1ccc(C2(c3ccc(C(C)(C)C)cc3)c3cc(Br)ccc3-c3ccc(Br)c4cccc2c34)cc1. The lowest BCUT2D eigenvalue weighted by Gasteiger charge is -2.42. The van der Waals surface area contributed by atoms with Crippen LogP contribution >= 0.6 is 31.9 Å². The molecule has 0 N–H and O–H groups in total. The average Bonchev–Trinajstić information content (AvgIpc) is 2.90. The summed E-state index contributed by atoms with van der Waals surface area (Å²) in [5, 5.41) is 2.57. The maximum Gasteiger partial charge on any atom is 0.0714 e. The first-order valence-corrected chi connectivity index (χ1v) is 15.2. The predicted molar refractivity (Wildman–Crippen MR) is 174 cm³/mol. The first-order chi connectivity index (χ1) is 18.4. The number of benzene rings is 5. The fourth-order valence-corrected chi connectivity index (χ4v) is 7.17. The van der Waals surface area contributed by atoms with E-state index in [0.29, 0.717) is 0 Å². The van der Waals surface area contributed by atoms with Gasteiger partial charge in [0, 0.05) is 8.95 Å². The fraction of sp³-hybridized carbons (Fsp3) is 0.243. The van der Waals surface area contributed by atoms with Crippen LogP contribution in [-0.2, 0) is 16.2 Å². The van der Waals surface area contributed by atoms with Crippen LogP contribution in [0.2, 0.25) is 0 Å². The summed E-state index contributed by atoms with van der Waals surface area (Å²) in [7, 11) is 0. The molecule has 39 heavy (non-hydrogen) atoms. The highest BCUT2D eigenvalue weighted by molar-refractivity contribution is 9.11. The Kier molecular flexibility index (Phi) is 6.25. The lowest BCUT2D eigenvalue weighted by atomic mass is 9.59. The van der Waals surface area contributed by atoms with E-state index < -0.39 is 5.41 Å². The molecule has 0 aliphatic heterocycles. The summed E-state index contributed by atoms with van der Waals surface area (Å²) >= 11 is 7.72. The van der Waals surface area contributed by atoms with E-state index in [4.69, 9.17) is 0 Å². The predicted octanol–water partition coefficient (Wildman–Crippen LogP) is 11.3. The summed E-state index contributed by atoms with van der Waals surface area (Å²) in [5.41, 5.74) is 10.2. The summed E-state index contributed by atoms with van der Waals surface area (Å²) in [6.45, 7) is 13.7. The van der Waals surface area contributed by atoms with Gasteiger partial charge < -0.3 is 0 Å². The molecule has 1 aliphatic rings. The molecule has 0 nitrogen and oxygen atoms in total. The van der Waals surface area contributed by atoms with Gasteiger partial charge in [0.05, 0.1) is 5.41 Å². The van der Waals surface area contributed by atoms with Crippen LogP contribution in [0.25, 0.3) is 21.9 Å². The zero-order valence-corrected chi connectivity index (χ0v) is 26.7. The molecule has 0 saturated carbocycles. The molecule has 0 bridgehead atoms. The molecule has 5 aromatic carbocycles. The summed E-state index contributed by atoms with van der Waals surface area (Å²) in [5.74, 6) is 0. The van der Waals surface area contributed by atoms with Gasteiger partial charge in [0.1, 0.15) is 0 Å². The van der Waals surface area contributed by atoms with Crippen LogP contribution in [0.1, 0.15) is 74.9 Å². The Hall–Kier alpha value is -2.68. The fourth-order valence-electron chi connectivity index (χ4n) is 6.34. The minimum atomic E-state index is -0.473. The van der Waals surface area contributed by atoms with Crippen molar-refractivity contribution in [1.82, 2.24) is 0 Å². The number of halogens is 2. The first-order valence-electron chi connectivity index (χ1n) is 13.7. The molecule has 0 unspecified atom stereocenters. The highest BCUT2D eigenvalue weighted by Gasteiger charge is 2.44. The average molecular weight is 638 g/mol. The molecule has 5 aromatic rings. The van der Waals surface area contributed by atoms with Crippen molar-refractivity contribution in [2.75, 3.05) is 0 Å². The van der Waals surface area contributed by atoms with E-state index >= 15 is 0 Å². The standard InChI is InChI=1S/C37H34Br2/c1-35(2,3)23-10-14-25(15-11-23)37(26-16-12-24(13-17-26)36(4,5)6)31-9-7-8-30-33(39)21-20-29(34(30)31)28-19-18-27(38)22-32(28)37/h7-22H,1-6H3. The van der Waals surface area contributed by atoms with Gasteiger partial charge in [-0.1, -0.05) is 152 Å². The number of rotatable bonds is 2. The van der Waals surface area contributed by atoms with Gasteiger partial charge in [0.25, 0.3) is 0 Å². The Morgan fingerprint density at radius 1 is 0.538 bits per heavy atom. The van der Waals surface area contributed by atoms with E-state index in [2.05, 4.69) is 170 Å². The molecule has 0 spiro atoms. The topological polar surface area (TPSA) is 0 Å². The maximum atomic E-state index is 3.88. The van der Waals surface area contributed by atoms with Crippen LogP contribution in [0.3, 0.4) is 0 Å². The van der Waals surface area contributed by atoms with Gasteiger partial charge in [-0.05, 0) is 84.3 Å². The zero-order chi connectivity index (χ0) is 27.7. The van der Waals surface area contributed by atoms with Crippen LogP contribution in [0, 0.1) is 0 Å². The van der Waals surface area contributed by atoms with Crippen molar-refractivity contribution in [3.63, 3.8) is 0 Å². The van der Waals surface area contributed by atoms with E-state index in [9.17, 15) is 0 Å². The summed E-state index contributed by atoms with van der Waals surface area (Å²) < 4.78 is 2.22. The minimum absolute atomic E-state index is 0.0883. The quantitative estimate of drug-likeness (QED) is 0.177. The van der Waals surface area contributed by atoms with Crippen molar-refractivity contribution in [1.29, 1.82) is 0 Å². The van der Waals surface area contributed by atoms with Gasteiger partial charge in [0.15, 0.2) is 0 Å². The molecular formula is C37H34Br2. The van der Waals surface area contributed by atoms with Crippen molar-refractivity contribution in [2.24, 2.45) is 0 Å². The van der Waals surface area contributed by atoms with Crippen LogP contribution < -0.4 is 0 Å². The molecule has 0 aromatic heterocycles. The van der Waals surface area contributed by atoms with E-state index in [0.717, 1.165) is 8.95 Å². The smallest absolute Gasteiger partial charge is 0.0613 e. The summed E-state index contributed by atoms with van der Waals surface area (Å²) in [4.78, 5) is 0. The second kappa shape index (κ2) is 9.18. The molecule has 196 valence electrons. The molecule has 0 fully saturated rings. The maximum absolute atomic E-state index is 3.88. The minimum Gasteiger partial charge on any atom is -0.0613 e. The third-order valence-electron chi connectivity index (χ3n) is 8.44. The second-order valence-corrected chi connectivity index (χ2v) is 14.7. The second-order valence-electron chi connectivity index (χ2n) is 12.9. The largest absolute Gasteiger partial charge is 0.0714 e. The van der Waals surface area contributed by atoms with E-state index in [1.807, 2.05) is 0 Å². The summed E-state index contributed by atoms with van der Waals surface area (Å²) in [6.07, 6.45) is 0. The Morgan fingerprint density at radius 2 is 1.08 bits per heavy atom. The van der Waals surface area contributed by atoms with Gasteiger partial charge in [-0.2, -0.15) is 0 Å². The zero-order valence-electron chi connectivity index (χ0n) is 23.5. The van der Waals surface area contributed by atoms with E-state index in [1.54, 1.807) is 0 Å². The van der Waals surface area contributed by atoms with Crippen molar-refractivity contribution < 1.29 is 0 Å². The Morgan fingerprint density at radius 3 is 1.62 bits per heavy atom. The Balaban J connectivity index is 1.79. The van der Waals surface area contributed by atoms with Crippen LogP contribution in [-0.4, -0.2) is 0 Å².